The van der Waals surface area contributed by atoms with Gasteiger partial charge in [0, 0.05) is 0 Å². The monoisotopic (exact) mass is 166 g/mol. The van der Waals surface area contributed by atoms with E-state index in [1.165, 1.54) is 30.4 Å². The summed E-state index contributed by atoms with van der Waals surface area (Å²) in [5, 5.41) is 0. The SMILES string of the molecule is C=CC1=C(C)CCC1C.CCC. The van der Waals surface area contributed by atoms with Gasteiger partial charge in [0.15, 0.2) is 0 Å². The quantitative estimate of drug-likeness (QED) is 0.543. The van der Waals surface area contributed by atoms with Crippen molar-refractivity contribution in [1.29, 1.82) is 0 Å². The van der Waals surface area contributed by atoms with E-state index in [4.69, 9.17) is 0 Å². The van der Waals surface area contributed by atoms with Gasteiger partial charge in [0.25, 0.3) is 0 Å². The van der Waals surface area contributed by atoms with E-state index in [2.05, 4.69) is 34.3 Å². The minimum Gasteiger partial charge on any atom is -0.0988 e. The molecule has 1 aliphatic carbocycles. The van der Waals surface area contributed by atoms with Gasteiger partial charge in [-0.3, -0.25) is 0 Å². The summed E-state index contributed by atoms with van der Waals surface area (Å²) in [6.07, 6.45) is 5.86. The molecule has 0 aliphatic heterocycles. The number of hydrogen-bond donors (Lipinski definition) is 0. The van der Waals surface area contributed by atoms with Crippen LogP contribution in [0.1, 0.15) is 47.0 Å². The van der Waals surface area contributed by atoms with Crippen molar-refractivity contribution in [1.82, 2.24) is 0 Å². The van der Waals surface area contributed by atoms with E-state index < -0.39 is 0 Å². The van der Waals surface area contributed by atoms with Crippen LogP contribution in [-0.2, 0) is 0 Å². The Labute approximate surface area is 77.4 Å². The van der Waals surface area contributed by atoms with Crippen molar-refractivity contribution >= 4 is 0 Å². The first-order chi connectivity index (χ1) is 5.67. The molecule has 0 amide bonds. The third-order valence-corrected chi connectivity index (χ3v) is 2.20. The van der Waals surface area contributed by atoms with Crippen LogP contribution in [0.25, 0.3) is 0 Å². The Morgan fingerprint density at radius 1 is 1.50 bits per heavy atom. The van der Waals surface area contributed by atoms with Crippen molar-refractivity contribution in [2.45, 2.75) is 47.0 Å². The predicted octanol–water partition coefficient (Wildman–Crippen LogP) is 4.34. The summed E-state index contributed by atoms with van der Waals surface area (Å²) >= 11 is 0. The third kappa shape index (κ3) is 3.25. The maximum atomic E-state index is 3.79. The fourth-order valence-electron chi connectivity index (χ4n) is 1.53. The molecule has 0 radical (unpaired) electrons. The zero-order valence-electron chi connectivity index (χ0n) is 8.98. The summed E-state index contributed by atoms with van der Waals surface area (Å²) in [6, 6.07) is 0. The summed E-state index contributed by atoms with van der Waals surface area (Å²) in [5.74, 6) is 0.766. The van der Waals surface area contributed by atoms with E-state index in [9.17, 15) is 0 Å². The van der Waals surface area contributed by atoms with Gasteiger partial charge in [0.05, 0.1) is 0 Å². The second kappa shape index (κ2) is 6.05. The highest BCUT2D eigenvalue weighted by Crippen LogP contribution is 2.31. The number of allylic oxidation sites excluding steroid dienone is 3. The van der Waals surface area contributed by atoms with Gasteiger partial charge in [-0.2, -0.15) is 0 Å². The predicted molar refractivity (Wildman–Crippen MR) is 57.3 cm³/mol. The van der Waals surface area contributed by atoms with Gasteiger partial charge in [0.2, 0.25) is 0 Å². The van der Waals surface area contributed by atoms with Crippen LogP contribution in [0.5, 0.6) is 0 Å². The molecular formula is C12H22. The Balaban J connectivity index is 0.000000354. The average molecular weight is 166 g/mol. The molecule has 0 heteroatoms. The van der Waals surface area contributed by atoms with Crippen LogP contribution in [0.2, 0.25) is 0 Å². The van der Waals surface area contributed by atoms with Crippen molar-refractivity contribution < 1.29 is 0 Å². The van der Waals surface area contributed by atoms with Gasteiger partial charge in [-0.1, -0.05) is 45.4 Å². The van der Waals surface area contributed by atoms with Crippen molar-refractivity contribution in [2.75, 3.05) is 0 Å². The van der Waals surface area contributed by atoms with Crippen LogP contribution < -0.4 is 0 Å². The summed E-state index contributed by atoms with van der Waals surface area (Å²) in [5.41, 5.74) is 3.02. The van der Waals surface area contributed by atoms with E-state index in [0.29, 0.717) is 0 Å². The smallest absolute Gasteiger partial charge is 0.0188 e. The topological polar surface area (TPSA) is 0 Å². The molecule has 0 N–H and O–H groups in total. The molecule has 0 aromatic heterocycles. The summed E-state index contributed by atoms with van der Waals surface area (Å²) in [7, 11) is 0. The Morgan fingerprint density at radius 3 is 2.17 bits per heavy atom. The fourth-order valence-corrected chi connectivity index (χ4v) is 1.53. The van der Waals surface area contributed by atoms with Crippen molar-refractivity contribution in [3.63, 3.8) is 0 Å². The lowest BCUT2D eigenvalue weighted by Gasteiger charge is -2.01. The van der Waals surface area contributed by atoms with Gasteiger partial charge < -0.3 is 0 Å². The normalized spacial score (nSPS) is 21.8. The summed E-state index contributed by atoms with van der Waals surface area (Å²) in [6.45, 7) is 12.5. The van der Waals surface area contributed by atoms with Crippen molar-refractivity contribution in [3.8, 4) is 0 Å². The first-order valence-corrected chi connectivity index (χ1v) is 4.99. The molecule has 1 unspecified atom stereocenters. The molecule has 1 aliphatic rings. The molecule has 0 bridgehead atoms. The highest BCUT2D eigenvalue weighted by molar-refractivity contribution is 5.29. The maximum Gasteiger partial charge on any atom is -0.0188 e. The van der Waals surface area contributed by atoms with Crippen LogP contribution in [0.15, 0.2) is 23.8 Å². The third-order valence-electron chi connectivity index (χ3n) is 2.20. The Hall–Kier alpha value is -0.520. The second-order valence-corrected chi connectivity index (χ2v) is 3.59. The lowest BCUT2D eigenvalue weighted by Crippen LogP contribution is -1.87. The van der Waals surface area contributed by atoms with E-state index in [-0.39, 0.29) is 0 Å². The van der Waals surface area contributed by atoms with Crippen molar-refractivity contribution in [3.05, 3.63) is 23.8 Å². The van der Waals surface area contributed by atoms with Crippen LogP contribution in [0.3, 0.4) is 0 Å². The summed E-state index contributed by atoms with van der Waals surface area (Å²) in [4.78, 5) is 0. The zero-order valence-corrected chi connectivity index (χ0v) is 8.98. The molecule has 70 valence electrons. The molecule has 12 heavy (non-hydrogen) atoms. The molecule has 1 atom stereocenters. The fraction of sp³-hybridized carbons (Fsp3) is 0.667. The Kier molecular flexibility index (Phi) is 5.79. The zero-order chi connectivity index (χ0) is 9.56. The van der Waals surface area contributed by atoms with Gasteiger partial charge in [-0.25, -0.2) is 0 Å². The first-order valence-electron chi connectivity index (χ1n) is 4.99. The van der Waals surface area contributed by atoms with Gasteiger partial charge in [-0.15, -0.1) is 0 Å². The molecule has 0 saturated heterocycles. The van der Waals surface area contributed by atoms with Crippen LogP contribution in [0, 0.1) is 5.92 Å². The molecule has 0 fully saturated rings. The van der Waals surface area contributed by atoms with E-state index in [1.807, 2.05) is 6.08 Å². The first kappa shape index (κ1) is 11.5. The van der Waals surface area contributed by atoms with Crippen LogP contribution >= 0.6 is 0 Å². The number of rotatable bonds is 1. The minimum absolute atomic E-state index is 0.766. The van der Waals surface area contributed by atoms with Crippen molar-refractivity contribution in [2.24, 2.45) is 5.92 Å². The largest absolute Gasteiger partial charge is 0.0988 e. The van der Waals surface area contributed by atoms with Crippen LogP contribution in [0.4, 0.5) is 0 Å². The van der Waals surface area contributed by atoms with E-state index >= 15 is 0 Å². The maximum absolute atomic E-state index is 3.79. The highest BCUT2D eigenvalue weighted by atomic mass is 14.2. The van der Waals surface area contributed by atoms with Gasteiger partial charge in [-0.05, 0) is 31.3 Å². The average Bonchev–Trinajstić information content (AvgIpc) is 2.33. The highest BCUT2D eigenvalue weighted by Gasteiger charge is 2.15. The van der Waals surface area contributed by atoms with E-state index in [0.717, 1.165) is 5.92 Å². The molecular weight excluding hydrogens is 144 g/mol. The molecule has 0 aromatic carbocycles. The van der Waals surface area contributed by atoms with Gasteiger partial charge in [0.1, 0.15) is 0 Å². The molecule has 0 spiro atoms. The molecule has 0 nitrogen and oxygen atoms in total. The lowest BCUT2D eigenvalue weighted by molar-refractivity contribution is 0.680. The molecule has 1 rings (SSSR count). The second-order valence-electron chi connectivity index (χ2n) is 3.59. The molecule has 0 heterocycles. The standard InChI is InChI=1S/C9H14.C3H8/c1-4-9-7(2)5-6-8(9)3;1-3-2/h4,7H,1,5-6H2,2-3H3;3H2,1-2H3. The Bertz CT molecular complexity index is 163. The molecule has 0 aromatic rings. The molecule has 0 saturated carbocycles. The Morgan fingerprint density at radius 2 is 2.00 bits per heavy atom. The van der Waals surface area contributed by atoms with Crippen LogP contribution in [-0.4, -0.2) is 0 Å². The summed E-state index contributed by atoms with van der Waals surface area (Å²) < 4.78 is 0. The minimum atomic E-state index is 0.766. The number of hydrogen-bond acceptors (Lipinski definition) is 0. The van der Waals surface area contributed by atoms with Gasteiger partial charge >= 0.3 is 0 Å². The van der Waals surface area contributed by atoms with E-state index in [1.54, 1.807) is 0 Å². The lowest BCUT2D eigenvalue weighted by atomic mass is 10.0.